The maximum Gasteiger partial charge on any atom is 0.356 e. The molecule has 174 valence electrons. The molecule has 10 heteroatoms. The smallest absolute Gasteiger partial charge is 0.356 e. The van der Waals surface area contributed by atoms with E-state index in [1.54, 1.807) is 12.3 Å². The number of fused-ring (bicyclic) bond motifs is 2. The molecule has 1 aliphatic rings. The van der Waals surface area contributed by atoms with Gasteiger partial charge in [-0.15, -0.1) is 0 Å². The van der Waals surface area contributed by atoms with Crippen molar-refractivity contribution in [3.63, 3.8) is 0 Å². The fraction of sp³-hybridized carbons (Fsp3) is 0.200. The molecule has 0 unspecified atom stereocenters. The van der Waals surface area contributed by atoms with Gasteiger partial charge in [-0.05, 0) is 49.2 Å². The Morgan fingerprint density at radius 3 is 2.80 bits per heavy atom. The summed E-state index contributed by atoms with van der Waals surface area (Å²) in [5.74, 6) is -0.686. The second kappa shape index (κ2) is 8.81. The summed E-state index contributed by atoms with van der Waals surface area (Å²) in [6, 6.07) is 12.7. The molecular weight excluding hydrogens is 466 g/mol. The summed E-state index contributed by atoms with van der Waals surface area (Å²) in [6.45, 7) is 4.97. The van der Waals surface area contributed by atoms with E-state index in [4.69, 9.17) is 16.6 Å². The number of aryl methyl sites for hydroxylation is 1. The number of aromatic nitrogens is 4. The van der Waals surface area contributed by atoms with Crippen molar-refractivity contribution in [3.05, 3.63) is 81.5 Å². The normalized spacial score (nSPS) is 13.4. The van der Waals surface area contributed by atoms with E-state index in [-0.39, 0.29) is 22.6 Å². The Kier molecular flexibility index (Phi) is 5.67. The molecule has 0 saturated carbocycles. The quantitative estimate of drug-likeness (QED) is 0.388. The van der Waals surface area contributed by atoms with Gasteiger partial charge >= 0.3 is 5.97 Å². The summed E-state index contributed by atoms with van der Waals surface area (Å²) in [4.78, 5) is 31.6. The van der Waals surface area contributed by atoms with E-state index in [9.17, 15) is 15.2 Å². The molecule has 0 bridgehead atoms. The monoisotopic (exact) mass is 485 g/mol. The van der Waals surface area contributed by atoms with Crippen molar-refractivity contribution < 1.29 is 9.90 Å². The van der Waals surface area contributed by atoms with Gasteiger partial charge in [0, 0.05) is 18.3 Å². The molecule has 4 heterocycles. The molecule has 0 fully saturated rings. The Bertz CT molecular complexity index is 1510. The first-order valence-electron chi connectivity index (χ1n) is 10.9. The Balaban J connectivity index is 1.58. The first-order chi connectivity index (χ1) is 16.8. The summed E-state index contributed by atoms with van der Waals surface area (Å²) < 4.78 is 0. The van der Waals surface area contributed by atoms with Crippen molar-refractivity contribution in [2.24, 2.45) is 0 Å². The number of carbonyl (C=O) groups is 1. The van der Waals surface area contributed by atoms with Gasteiger partial charge in [0.05, 0.1) is 35.0 Å². The van der Waals surface area contributed by atoms with Crippen LogP contribution in [0.1, 0.15) is 51.5 Å². The highest BCUT2D eigenvalue weighted by molar-refractivity contribution is 6.29. The van der Waals surface area contributed by atoms with Crippen LogP contribution in [0.4, 0.5) is 11.5 Å². The average Bonchev–Trinajstić information content (AvgIpc) is 3.27. The number of nitrogens with one attached hydrogen (secondary N) is 1. The van der Waals surface area contributed by atoms with Crippen molar-refractivity contribution >= 4 is 40.1 Å². The lowest BCUT2D eigenvalue weighted by Gasteiger charge is -2.21. The number of nitriles is 1. The zero-order valence-electron chi connectivity index (χ0n) is 18.9. The number of carboxylic acid groups (broad SMARTS) is 1. The Labute approximate surface area is 206 Å². The van der Waals surface area contributed by atoms with Crippen molar-refractivity contribution in [3.8, 4) is 6.07 Å². The SMILES string of the molecule is Cc1cc([C@@H](C)Nc2ccc(Cl)nc2C(=O)O)c2nc(N3Cc4cccnc4C3)c(C#N)nc2c1. The zero-order chi connectivity index (χ0) is 24.7. The van der Waals surface area contributed by atoms with E-state index >= 15 is 0 Å². The predicted molar refractivity (Wildman–Crippen MR) is 131 cm³/mol. The molecule has 2 N–H and O–H groups in total. The molecule has 1 aromatic carbocycles. The summed E-state index contributed by atoms with van der Waals surface area (Å²) in [5.41, 5.74) is 5.45. The van der Waals surface area contributed by atoms with Crippen LogP contribution in [0, 0.1) is 18.3 Å². The van der Waals surface area contributed by atoms with E-state index in [0.717, 1.165) is 22.4 Å². The maximum absolute atomic E-state index is 11.7. The van der Waals surface area contributed by atoms with Crippen LogP contribution in [0.5, 0.6) is 0 Å². The number of pyridine rings is 2. The van der Waals surface area contributed by atoms with Crippen LogP contribution in [-0.4, -0.2) is 31.0 Å². The Hall–Kier alpha value is -4.29. The van der Waals surface area contributed by atoms with E-state index < -0.39 is 5.97 Å². The number of carboxylic acids is 1. The van der Waals surface area contributed by atoms with Gasteiger partial charge in [-0.2, -0.15) is 5.26 Å². The van der Waals surface area contributed by atoms with Gasteiger partial charge in [0.15, 0.2) is 17.2 Å². The van der Waals surface area contributed by atoms with Gasteiger partial charge in [-0.3, -0.25) is 4.98 Å². The summed E-state index contributed by atoms with van der Waals surface area (Å²) in [7, 11) is 0. The molecule has 1 atom stereocenters. The lowest BCUT2D eigenvalue weighted by molar-refractivity contribution is 0.0691. The largest absolute Gasteiger partial charge is 0.476 e. The van der Waals surface area contributed by atoms with Crippen LogP contribution in [0.2, 0.25) is 5.15 Å². The molecule has 4 aromatic rings. The molecule has 0 spiro atoms. The van der Waals surface area contributed by atoms with Gasteiger partial charge in [0.1, 0.15) is 11.2 Å². The molecule has 3 aromatic heterocycles. The summed E-state index contributed by atoms with van der Waals surface area (Å²) >= 11 is 5.90. The standard InChI is InChI=1S/C25H20ClN7O2/c1-13-8-16(14(2)29-17-5-6-21(26)31-23(17)25(34)35)22-18(9-13)30-19(10-27)24(32-22)33-11-15-4-3-7-28-20(15)12-33/h3-9,14,29H,11-12H2,1-2H3,(H,34,35)/t14-/m1/s1. The van der Waals surface area contributed by atoms with Crippen LogP contribution in [0.3, 0.4) is 0 Å². The third-order valence-electron chi connectivity index (χ3n) is 5.92. The zero-order valence-corrected chi connectivity index (χ0v) is 19.7. The van der Waals surface area contributed by atoms with Crippen molar-refractivity contribution in [2.75, 3.05) is 10.2 Å². The predicted octanol–water partition coefficient (Wildman–Crippen LogP) is 4.64. The van der Waals surface area contributed by atoms with Crippen molar-refractivity contribution in [2.45, 2.75) is 33.0 Å². The third kappa shape index (κ3) is 4.20. The second-order valence-corrected chi connectivity index (χ2v) is 8.78. The molecule has 1 aliphatic heterocycles. The minimum absolute atomic E-state index is 0.0993. The number of hydrogen-bond acceptors (Lipinski definition) is 8. The fourth-order valence-corrected chi connectivity index (χ4v) is 4.47. The summed E-state index contributed by atoms with van der Waals surface area (Å²) in [5, 5.41) is 22.7. The average molecular weight is 486 g/mol. The van der Waals surface area contributed by atoms with Crippen LogP contribution < -0.4 is 10.2 Å². The highest BCUT2D eigenvalue weighted by Crippen LogP contribution is 2.33. The number of benzene rings is 1. The lowest BCUT2D eigenvalue weighted by atomic mass is 10.0. The lowest BCUT2D eigenvalue weighted by Crippen LogP contribution is -2.19. The number of hydrogen-bond donors (Lipinski definition) is 2. The molecule has 5 rings (SSSR count). The van der Waals surface area contributed by atoms with E-state index in [1.807, 2.05) is 43.0 Å². The Morgan fingerprint density at radius 1 is 1.23 bits per heavy atom. The van der Waals surface area contributed by atoms with Crippen LogP contribution in [0.25, 0.3) is 11.0 Å². The van der Waals surface area contributed by atoms with Crippen LogP contribution >= 0.6 is 11.6 Å². The summed E-state index contributed by atoms with van der Waals surface area (Å²) in [6.07, 6.45) is 1.75. The maximum atomic E-state index is 11.7. The number of halogens is 1. The highest BCUT2D eigenvalue weighted by atomic mass is 35.5. The molecule has 0 radical (unpaired) electrons. The Morgan fingerprint density at radius 2 is 2.06 bits per heavy atom. The number of aromatic carboxylic acids is 1. The van der Waals surface area contributed by atoms with Gasteiger partial charge in [0.2, 0.25) is 0 Å². The molecule has 35 heavy (non-hydrogen) atoms. The van der Waals surface area contributed by atoms with Gasteiger partial charge < -0.3 is 15.3 Å². The van der Waals surface area contributed by atoms with E-state index in [2.05, 4.69) is 26.3 Å². The minimum Gasteiger partial charge on any atom is -0.476 e. The van der Waals surface area contributed by atoms with E-state index in [0.29, 0.717) is 35.6 Å². The fourth-order valence-electron chi connectivity index (χ4n) is 4.32. The molecule has 0 saturated heterocycles. The van der Waals surface area contributed by atoms with Gasteiger partial charge in [-0.25, -0.2) is 19.7 Å². The van der Waals surface area contributed by atoms with Gasteiger partial charge in [0.25, 0.3) is 0 Å². The third-order valence-corrected chi connectivity index (χ3v) is 6.13. The molecule has 0 aliphatic carbocycles. The minimum atomic E-state index is -1.18. The van der Waals surface area contributed by atoms with Crippen LogP contribution in [-0.2, 0) is 13.1 Å². The molecular formula is C25H20ClN7O2. The first kappa shape index (κ1) is 22.5. The molecule has 0 amide bonds. The second-order valence-electron chi connectivity index (χ2n) is 8.40. The first-order valence-corrected chi connectivity index (χ1v) is 11.3. The van der Waals surface area contributed by atoms with Gasteiger partial charge in [-0.1, -0.05) is 23.7 Å². The van der Waals surface area contributed by atoms with Crippen molar-refractivity contribution in [1.29, 1.82) is 5.26 Å². The topological polar surface area (TPSA) is 128 Å². The number of nitrogens with zero attached hydrogens (tertiary/aromatic N) is 6. The number of rotatable bonds is 5. The molecule has 9 nitrogen and oxygen atoms in total. The highest BCUT2D eigenvalue weighted by Gasteiger charge is 2.26. The van der Waals surface area contributed by atoms with Crippen LogP contribution in [0.15, 0.2) is 42.6 Å². The van der Waals surface area contributed by atoms with Crippen molar-refractivity contribution in [1.82, 2.24) is 19.9 Å². The number of anilines is 2. The van der Waals surface area contributed by atoms with E-state index in [1.165, 1.54) is 6.07 Å².